The van der Waals surface area contributed by atoms with E-state index in [-0.39, 0.29) is 18.4 Å². The molecular weight excluding hydrogens is 376 g/mol. The van der Waals surface area contributed by atoms with Crippen molar-refractivity contribution < 1.29 is 5.11 Å². The zero-order chi connectivity index (χ0) is 15.5. The van der Waals surface area contributed by atoms with Crippen LogP contribution in [0.4, 0.5) is 5.69 Å². The van der Waals surface area contributed by atoms with Crippen LogP contribution in [0.15, 0.2) is 53.0 Å². The lowest BCUT2D eigenvalue weighted by molar-refractivity contribution is 0.141. The zero-order valence-electron chi connectivity index (χ0n) is 13.1. The Labute approximate surface area is 152 Å². The molecule has 0 fully saturated rings. The van der Waals surface area contributed by atoms with Crippen molar-refractivity contribution in [1.29, 1.82) is 0 Å². The zero-order valence-corrected chi connectivity index (χ0v) is 15.5. The van der Waals surface area contributed by atoms with Crippen LogP contribution in [0.25, 0.3) is 0 Å². The smallest absolute Gasteiger partial charge is 0.0909 e. The number of hydrogen-bond donors (Lipinski definition) is 2. The van der Waals surface area contributed by atoms with Crippen LogP contribution in [-0.2, 0) is 6.42 Å². The van der Waals surface area contributed by atoms with Crippen LogP contribution < -0.4 is 10.2 Å². The second-order valence-corrected chi connectivity index (χ2v) is 6.61. The van der Waals surface area contributed by atoms with E-state index < -0.39 is 6.10 Å². The monoisotopic (exact) mass is 396 g/mol. The molecule has 23 heavy (non-hydrogen) atoms. The second-order valence-electron chi connectivity index (χ2n) is 5.70. The van der Waals surface area contributed by atoms with Crippen LogP contribution in [0.5, 0.6) is 0 Å². The highest BCUT2D eigenvalue weighted by Crippen LogP contribution is 2.37. The van der Waals surface area contributed by atoms with Crippen molar-refractivity contribution in [2.75, 3.05) is 25.0 Å². The first-order chi connectivity index (χ1) is 10.7. The van der Waals surface area contributed by atoms with Gasteiger partial charge in [0.25, 0.3) is 0 Å². The molecule has 0 radical (unpaired) electrons. The predicted octanol–water partition coefficient (Wildman–Crippen LogP) is 3.56. The number of aliphatic hydroxyl groups is 1. The van der Waals surface area contributed by atoms with Crippen molar-refractivity contribution >= 4 is 34.0 Å². The number of rotatable bonds is 5. The van der Waals surface area contributed by atoms with Crippen LogP contribution in [0.3, 0.4) is 0 Å². The molecule has 124 valence electrons. The summed E-state index contributed by atoms with van der Waals surface area (Å²) in [6, 6.07) is 16.7. The van der Waals surface area contributed by atoms with Crippen molar-refractivity contribution in [3.8, 4) is 0 Å². The first kappa shape index (κ1) is 18.3. The van der Waals surface area contributed by atoms with Gasteiger partial charge in [-0.25, -0.2) is 0 Å². The Morgan fingerprint density at radius 2 is 2.00 bits per heavy atom. The molecule has 1 aliphatic heterocycles. The normalized spacial score (nSPS) is 15.7. The summed E-state index contributed by atoms with van der Waals surface area (Å²) < 4.78 is 1.04. The highest BCUT2D eigenvalue weighted by molar-refractivity contribution is 9.10. The third-order valence-electron chi connectivity index (χ3n) is 4.23. The van der Waals surface area contributed by atoms with Crippen LogP contribution in [0.1, 0.15) is 17.2 Å². The van der Waals surface area contributed by atoms with E-state index in [1.165, 1.54) is 11.3 Å². The van der Waals surface area contributed by atoms with Gasteiger partial charge in [-0.1, -0.05) is 46.3 Å². The molecular formula is C18H22BrClN2O. The molecule has 1 aliphatic rings. The van der Waals surface area contributed by atoms with Gasteiger partial charge in [0.2, 0.25) is 0 Å². The number of fused-ring (bicyclic) bond motifs is 1. The number of halogens is 2. The quantitative estimate of drug-likeness (QED) is 0.810. The number of nitrogens with one attached hydrogen (secondary N) is 1. The van der Waals surface area contributed by atoms with Crippen LogP contribution in [0.2, 0.25) is 0 Å². The van der Waals surface area contributed by atoms with Crippen molar-refractivity contribution in [3.63, 3.8) is 0 Å². The fraction of sp³-hybridized carbons (Fsp3) is 0.333. The highest BCUT2D eigenvalue weighted by Gasteiger charge is 2.31. The van der Waals surface area contributed by atoms with Crippen molar-refractivity contribution in [3.05, 3.63) is 64.1 Å². The topological polar surface area (TPSA) is 35.5 Å². The van der Waals surface area contributed by atoms with E-state index in [0.29, 0.717) is 6.54 Å². The van der Waals surface area contributed by atoms with E-state index in [2.05, 4.69) is 62.5 Å². The Balaban J connectivity index is 0.00000192. The van der Waals surface area contributed by atoms with E-state index in [0.717, 1.165) is 23.0 Å². The Morgan fingerprint density at radius 3 is 2.74 bits per heavy atom. The number of anilines is 1. The fourth-order valence-corrected chi connectivity index (χ4v) is 3.69. The van der Waals surface area contributed by atoms with Crippen LogP contribution in [-0.4, -0.2) is 31.3 Å². The van der Waals surface area contributed by atoms with E-state index in [9.17, 15) is 5.11 Å². The van der Waals surface area contributed by atoms with E-state index in [1.807, 2.05) is 19.2 Å². The Morgan fingerprint density at radius 1 is 1.22 bits per heavy atom. The lowest BCUT2D eigenvalue weighted by atomic mass is 9.99. The minimum atomic E-state index is -0.467. The Bertz CT molecular complexity index is 652. The fourth-order valence-electron chi connectivity index (χ4n) is 3.27. The molecule has 0 saturated carbocycles. The standard InChI is InChI=1S/C18H21BrN2O.ClH/c1-20-12-17(22)18(14-6-4-7-15(19)11-14)21-10-9-13-5-2-3-8-16(13)21;/h2-8,11,17-18,20,22H,9-10,12H2,1H3;1H/t17?,18-;/m0./s1. The van der Waals surface area contributed by atoms with Gasteiger partial charge in [-0.05, 0) is 42.8 Å². The molecule has 0 amide bonds. The summed E-state index contributed by atoms with van der Waals surface area (Å²) in [5, 5.41) is 13.8. The molecule has 2 N–H and O–H groups in total. The maximum absolute atomic E-state index is 10.7. The van der Waals surface area contributed by atoms with Gasteiger partial charge in [-0.2, -0.15) is 0 Å². The average Bonchev–Trinajstić information content (AvgIpc) is 2.92. The van der Waals surface area contributed by atoms with Crippen LogP contribution >= 0.6 is 28.3 Å². The van der Waals surface area contributed by atoms with Gasteiger partial charge in [-0.15, -0.1) is 12.4 Å². The molecule has 5 heteroatoms. The number of nitrogens with zero attached hydrogens (tertiary/aromatic N) is 1. The summed E-state index contributed by atoms with van der Waals surface area (Å²) in [6.45, 7) is 1.51. The summed E-state index contributed by atoms with van der Waals surface area (Å²) >= 11 is 3.54. The molecule has 2 aromatic carbocycles. The minimum absolute atomic E-state index is 0. The van der Waals surface area contributed by atoms with Gasteiger partial charge in [0, 0.05) is 23.2 Å². The van der Waals surface area contributed by atoms with Gasteiger partial charge < -0.3 is 15.3 Å². The van der Waals surface area contributed by atoms with Gasteiger partial charge in [-0.3, -0.25) is 0 Å². The summed E-state index contributed by atoms with van der Waals surface area (Å²) in [4.78, 5) is 2.33. The lowest BCUT2D eigenvalue weighted by Gasteiger charge is -2.34. The molecule has 2 atom stereocenters. The molecule has 0 saturated heterocycles. The van der Waals surface area contributed by atoms with E-state index >= 15 is 0 Å². The SMILES string of the molecule is CNCC(O)[C@H](c1cccc(Br)c1)N1CCc2ccccc21.Cl. The first-order valence-corrected chi connectivity index (χ1v) is 8.42. The summed E-state index contributed by atoms with van der Waals surface area (Å²) in [7, 11) is 1.87. The maximum Gasteiger partial charge on any atom is 0.0909 e. The lowest BCUT2D eigenvalue weighted by Crippen LogP contribution is -2.40. The molecule has 0 bridgehead atoms. The van der Waals surface area contributed by atoms with Gasteiger partial charge in [0.15, 0.2) is 0 Å². The number of para-hydroxylation sites is 1. The summed E-state index contributed by atoms with van der Waals surface area (Å²) in [5.41, 5.74) is 3.73. The van der Waals surface area contributed by atoms with Crippen LogP contribution in [0, 0.1) is 0 Å². The summed E-state index contributed by atoms with van der Waals surface area (Å²) in [6.07, 6.45) is 0.568. The molecule has 0 aliphatic carbocycles. The second kappa shape index (κ2) is 8.15. The van der Waals surface area contributed by atoms with Gasteiger partial charge in [0.05, 0.1) is 12.1 Å². The third kappa shape index (κ3) is 3.89. The van der Waals surface area contributed by atoms with E-state index in [4.69, 9.17) is 0 Å². The minimum Gasteiger partial charge on any atom is -0.389 e. The molecule has 2 aromatic rings. The van der Waals surface area contributed by atoms with Crippen molar-refractivity contribution in [2.24, 2.45) is 0 Å². The first-order valence-electron chi connectivity index (χ1n) is 7.63. The molecule has 3 rings (SSSR count). The van der Waals surface area contributed by atoms with Gasteiger partial charge >= 0.3 is 0 Å². The number of benzene rings is 2. The number of likely N-dealkylation sites (N-methyl/N-ethyl adjacent to an activating group) is 1. The Kier molecular flexibility index (Phi) is 6.48. The molecule has 0 spiro atoms. The third-order valence-corrected chi connectivity index (χ3v) is 4.72. The summed E-state index contributed by atoms with van der Waals surface area (Å²) in [5.74, 6) is 0. The average molecular weight is 398 g/mol. The number of hydrogen-bond acceptors (Lipinski definition) is 3. The van der Waals surface area contributed by atoms with Crippen molar-refractivity contribution in [2.45, 2.75) is 18.6 Å². The number of aliphatic hydroxyl groups excluding tert-OH is 1. The molecule has 1 unspecified atom stereocenters. The highest BCUT2D eigenvalue weighted by atomic mass is 79.9. The van der Waals surface area contributed by atoms with Gasteiger partial charge in [0.1, 0.15) is 0 Å². The molecule has 0 aromatic heterocycles. The maximum atomic E-state index is 10.7. The predicted molar refractivity (Wildman–Crippen MR) is 102 cm³/mol. The van der Waals surface area contributed by atoms with E-state index in [1.54, 1.807) is 0 Å². The molecule has 3 nitrogen and oxygen atoms in total. The van der Waals surface area contributed by atoms with Crippen molar-refractivity contribution in [1.82, 2.24) is 5.32 Å². The Hall–Kier alpha value is -1.07. The molecule has 1 heterocycles. The largest absolute Gasteiger partial charge is 0.389 e.